The molecule has 0 saturated carbocycles. The van der Waals surface area contributed by atoms with Crippen molar-refractivity contribution in [1.82, 2.24) is 19.6 Å². The first kappa shape index (κ1) is 20.9. The Morgan fingerprint density at radius 3 is 2.65 bits per heavy atom. The van der Waals surface area contributed by atoms with Crippen molar-refractivity contribution >= 4 is 66.8 Å². The monoisotopic (exact) mass is 529 g/mol. The standard InChI is InChI=1S/C25H16BrN5O2S/c26-16-9-11-17(12-10-16)27-22(32)14-34-25-28-19-7-3-2-6-18(19)24-29-23(30-31(24)25)21-13-15-5-1-4-8-20(15)33-21/h1-13H,14H2,(H,27,32). The highest BCUT2D eigenvalue weighted by Gasteiger charge is 2.18. The number of benzene rings is 3. The predicted octanol–water partition coefficient (Wildman–Crippen LogP) is 6.18. The second-order valence-corrected chi connectivity index (χ2v) is 9.43. The maximum atomic E-state index is 12.6. The van der Waals surface area contributed by atoms with E-state index in [0.29, 0.717) is 22.4 Å². The average molecular weight is 530 g/mol. The Hall–Kier alpha value is -3.69. The number of carbonyl (C=O) groups excluding carboxylic acids is 1. The lowest BCUT2D eigenvalue weighted by Crippen LogP contribution is -2.14. The molecule has 34 heavy (non-hydrogen) atoms. The molecule has 1 amide bonds. The van der Waals surface area contributed by atoms with Gasteiger partial charge in [-0.3, -0.25) is 4.79 Å². The van der Waals surface area contributed by atoms with Gasteiger partial charge in [-0.25, -0.2) is 9.97 Å². The molecular formula is C25H16BrN5O2S. The highest BCUT2D eigenvalue weighted by molar-refractivity contribution is 9.10. The summed E-state index contributed by atoms with van der Waals surface area (Å²) < 4.78 is 8.61. The van der Waals surface area contributed by atoms with Gasteiger partial charge in [-0.2, -0.15) is 4.52 Å². The van der Waals surface area contributed by atoms with Crippen LogP contribution in [0.1, 0.15) is 0 Å². The number of carbonyl (C=O) groups is 1. The molecule has 0 fully saturated rings. The van der Waals surface area contributed by atoms with Gasteiger partial charge in [0, 0.05) is 20.9 Å². The number of thioether (sulfide) groups is 1. The van der Waals surface area contributed by atoms with Crippen LogP contribution in [0.15, 0.2) is 92.9 Å². The maximum Gasteiger partial charge on any atom is 0.234 e. The quantitative estimate of drug-likeness (QED) is 0.212. The number of fused-ring (bicyclic) bond motifs is 4. The zero-order valence-electron chi connectivity index (χ0n) is 17.6. The van der Waals surface area contributed by atoms with Gasteiger partial charge < -0.3 is 9.73 Å². The van der Waals surface area contributed by atoms with Crippen LogP contribution in [0.25, 0.3) is 39.1 Å². The number of rotatable bonds is 5. The number of anilines is 1. The zero-order valence-corrected chi connectivity index (χ0v) is 20.0. The molecule has 3 heterocycles. The fourth-order valence-electron chi connectivity index (χ4n) is 3.68. The molecule has 9 heteroatoms. The Morgan fingerprint density at radius 1 is 1.00 bits per heavy atom. The summed E-state index contributed by atoms with van der Waals surface area (Å²) in [5.74, 6) is 1.09. The van der Waals surface area contributed by atoms with E-state index in [1.807, 2.05) is 78.9 Å². The molecule has 0 radical (unpaired) electrons. The van der Waals surface area contributed by atoms with E-state index in [0.717, 1.165) is 32.0 Å². The van der Waals surface area contributed by atoms with Gasteiger partial charge in [-0.1, -0.05) is 58.0 Å². The number of furan rings is 1. The average Bonchev–Trinajstić information content (AvgIpc) is 3.49. The van der Waals surface area contributed by atoms with Gasteiger partial charge >= 0.3 is 0 Å². The summed E-state index contributed by atoms with van der Waals surface area (Å²) >= 11 is 4.70. The highest BCUT2D eigenvalue weighted by atomic mass is 79.9. The topological polar surface area (TPSA) is 85.3 Å². The van der Waals surface area contributed by atoms with E-state index < -0.39 is 0 Å². The molecule has 7 nitrogen and oxygen atoms in total. The summed E-state index contributed by atoms with van der Waals surface area (Å²) in [7, 11) is 0. The van der Waals surface area contributed by atoms with Crippen molar-refractivity contribution in [2.24, 2.45) is 0 Å². The van der Waals surface area contributed by atoms with E-state index in [4.69, 9.17) is 19.5 Å². The molecule has 166 valence electrons. The second kappa shape index (κ2) is 8.58. The Bertz CT molecular complexity index is 1640. The minimum Gasteiger partial charge on any atom is -0.453 e. The summed E-state index contributed by atoms with van der Waals surface area (Å²) in [6.45, 7) is 0. The van der Waals surface area contributed by atoms with Crippen molar-refractivity contribution in [3.05, 3.63) is 83.3 Å². The van der Waals surface area contributed by atoms with Crippen molar-refractivity contribution in [1.29, 1.82) is 0 Å². The third-order valence-corrected chi connectivity index (χ3v) is 6.71. The van der Waals surface area contributed by atoms with E-state index in [1.54, 1.807) is 4.52 Å². The number of hydrogen-bond acceptors (Lipinski definition) is 6. The van der Waals surface area contributed by atoms with E-state index in [9.17, 15) is 4.79 Å². The van der Waals surface area contributed by atoms with Crippen molar-refractivity contribution in [2.45, 2.75) is 5.16 Å². The zero-order chi connectivity index (χ0) is 23.1. The lowest BCUT2D eigenvalue weighted by molar-refractivity contribution is -0.113. The Kier molecular flexibility index (Phi) is 5.27. The van der Waals surface area contributed by atoms with Crippen molar-refractivity contribution in [2.75, 3.05) is 11.1 Å². The van der Waals surface area contributed by atoms with Crippen LogP contribution in [0.3, 0.4) is 0 Å². The molecule has 0 unspecified atom stereocenters. The summed E-state index contributed by atoms with van der Waals surface area (Å²) in [4.78, 5) is 22.1. The van der Waals surface area contributed by atoms with Gasteiger partial charge in [0.1, 0.15) is 5.58 Å². The Morgan fingerprint density at radius 2 is 1.79 bits per heavy atom. The van der Waals surface area contributed by atoms with Gasteiger partial charge in [0.15, 0.2) is 16.6 Å². The van der Waals surface area contributed by atoms with Crippen LogP contribution in [0, 0.1) is 0 Å². The number of nitrogens with zero attached hydrogens (tertiary/aromatic N) is 4. The number of para-hydroxylation sites is 2. The number of aromatic nitrogens is 4. The highest BCUT2D eigenvalue weighted by Crippen LogP contribution is 2.29. The molecular weight excluding hydrogens is 514 g/mol. The first-order chi connectivity index (χ1) is 16.6. The number of amides is 1. The molecule has 6 aromatic rings. The van der Waals surface area contributed by atoms with Crippen LogP contribution in [0.4, 0.5) is 5.69 Å². The lowest BCUT2D eigenvalue weighted by atomic mass is 10.2. The van der Waals surface area contributed by atoms with E-state index in [-0.39, 0.29) is 11.7 Å². The molecule has 0 spiro atoms. The molecule has 3 aromatic heterocycles. The van der Waals surface area contributed by atoms with Crippen LogP contribution in [-0.2, 0) is 4.79 Å². The smallest absolute Gasteiger partial charge is 0.234 e. The fourth-order valence-corrected chi connectivity index (χ4v) is 4.69. The molecule has 0 aliphatic carbocycles. The third-order valence-electron chi connectivity index (χ3n) is 5.26. The molecule has 6 rings (SSSR count). The fraction of sp³-hybridized carbons (Fsp3) is 0.0400. The van der Waals surface area contributed by atoms with Crippen molar-refractivity contribution in [3.63, 3.8) is 0 Å². The van der Waals surface area contributed by atoms with Crippen molar-refractivity contribution < 1.29 is 9.21 Å². The van der Waals surface area contributed by atoms with E-state index in [1.165, 1.54) is 11.8 Å². The summed E-state index contributed by atoms with van der Waals surface area (Å²) in [5, 5.41) is 10.0. The Labute approximate surface area is 206 Å². The van der Waals surface area contributed by atoms with Crippen molar-refractivity contribution in [3.8, 4) is 11.6 Å². The van der Waals surface area contributed by atoms with Gasteiger partial charge in [-0.05, 0) is 48.5 Å². The molecule has 0 aliphatic rings. The van der Waals surface area contributed by atoms with Gasteiger partial charge in [0.2, 0.25) is 11.7 Å². The molecule has 0 bridgehead atoms. The summed E-state index contributed by atoms with van der Waals surface area (Å²) in [5.41, 5.74) is 2.96. The van der Waals surface area contributed by atoms with Gasteiger partial charge in [0.25, 0.3) is 0 Å². The largest absolute Gasteiger partial charge is 0.453 e. The third kappa shape index (κ3) is 3.93. The molecule has 0 saturated heterocycles. The lowest BCUT2D eigenvalue weighted by Gasteiger charge is -2.07. The number of hydrogen-bond donors (Lipinski definition) is 1. The number of halogens is 1. The van der Waals surface area contributed by atoms with E-state index in [2.05, 4.69) is 21.2 Å². The minimum absolute atomic E-state index is 0.131. The predicted molar refractivity (Wildman–Crippen MR) is 137 cm³/mol. The minimum atomic E-state index is -0.131. The van der Waals surface area contributed by atoms with Crippen LogP contribution in [0.2, 0.25) is 0 Å². The van der Waals surface area contributed by atoms with Crippen LogP contribution < -0.4 is 5.32 Å². The van der Waals surface area contributed by atoms with Crippen LogP contribution >= 0.6 is 27.7 Å². The van der Waals surface area contributed by atoms with Gasteiger partial charge in [0.05, 0.1) is 11.3 Å². The molecule has 0 aliphatic heterocycles. The first-order valence-corrected chi connectivity index (χ1v) is 12.2. The van der Waals surface area contributed by atoms with Crippen LogP contribution in [0.5, 0.6) is 0 Å². The SMILES string of the molecule is O=C(CSc1nc2ccccc2c2nc(-c3cc4ccccc4o3)nn12)Nc1ccc(Br)cc1. The molecule has 1 N–H and O–H groups in total. The maximum absolute atomic E-state index is 12.6. The van der Waals surface area contributed by atoms with E-state index >= 15 is 0 Å². The second-order valence-electron chi connectivity index (χ2n) is 7.57. The van der Waals surface area contributed by atoms with Gasteiger partial charge in [-0.15, -0.1) is 5.10 Å². The summed E-state index contributed by atoms with van der Waals surface area (Å²) in [6.07, 6.45) is 0. The molecule has 0 atom stereocenters. The first-order valence-electron chi connectivity index (χ1n) is 10.5. The van der Waals surface area contributed by atoms with Crippen LogP contribution in [-0.4, -0.2) is 31.2 Å². The molecule has 3 aromatic carbocycles. The normalized spacial score (nSPS) is 11.4. The Balaban J connectivity index is 1.36. The number of nitrogens with one attached hydrogen (secondary N) is 1. The summed E-state index contributed by atoms with van der Waals surface area (Å²) in [6, 6.07) is 24.9.